The number of nitrogens with one attached hydrogen (secondary N) is 1. The van der Waals surface area contributed by atoms with E-state index in [0.29, 0.717) is 11.5 Å². The Labute approximate surface area is 186 Å². The first-order valence-corrected chi connectivity index (χ1v) is 11.3. The van der Waals surface area contributed by atoms with E-state index in [0.717, 1.165) is 42.5 Å². The van der Waals surface area contributed by atoms with Crippen molar-refractivity contribution in [3.05, 3.63) is 65.2 Å². The van der Waals surface area contributed by atoms with Crippen molar-refractivity contribution in [2.75, 3.05) is 5.32 Å². The average molecular weight is 422 g/mol. The molecule has 0 heterocycles. The number of ether oxygens (including phenoxy) is 1. The van der Waals surface area contributed by atoms with Gasteiger partial charge in [0, 0.05) is 11.3 Å². The van der Waals surface area contributed by atoms with Gasteiger partial charge in [-0.1, -0.05) is 63.2 Å². The van der Waals surface area contributed by atoms with Crippen molar-refractivity contribution in [2.24, 2.45) is 17.3 Å². The molecule has 166 valence electrons. The van der Waals surface area contributed by atoms with E-state index in [1.54, 1.807) is 0 Å². The van der Waals surface area contributed by atoms with E-state index in [4.69, 9.17) is 4.74 Å². The van der Waals surface area contributed by atoms with Gasteiger partial charge in [0.05, 0.1) is 5.92 Å². The first-order chi connectivity index (χ1) is 14.6. The van der Waals surface area contributed by atoms with E-state index in [-0.39, 0.29) is 23.2 Å². The molecule has 4 heteroatoms. The Bertz CT molecular complexity index is 906. The summed E-state index contributed by atoms with van der Waals surface area (Å²) in [5, 5.41) is 2.97. The number of hydrogen-bond donors (Lipinski definition) is 1. The number of carbonyl (C=O) groups excluding carboxylic acids is 2. The molecule has 1 N–H and O–H groups in total. The third kappa shape index (κ3) is 5.96. The molecule has 0 radical (unpaired) electrons. The Morgan fingerprint density at radius 2 is 1.61 bits per heavy atom. The Balaban J connectivity index is 1.73. The lowest BCUT2D eigenvalue weighted by molar-refractivity contribution is -0.160. The fourth-order valence-electron chi connectivity index (χ4n) is 4.38. The third-order valence-electron chi connectivity index (χ3n) is 6.51. The molecule has 1 atom stereocenters. The first kappa shape index (κ1) is 23.1. The van der Waals surface area contributed by atoms with Crippen LogP contribution in [0, 0.1) is 31.1 Å². The molecule has 0 bridgehead atoms. The monoisotopic (exact) mass is 421 g/mol. The lowest BCUT2D eigenvalue weighted by atomic mass is 9.70. The molecule has 0 aromatic heterocycles. The summed E-state index contributed by atoms with van der Waals surface area (Å²) in [6.45, 7) is 10.7. The maximum atomic E-state index is 13.2. The predicted molar refractivity (Wildman–Crippen MR) is 125 cm³/mol. The van der Waals surface area contributed by atoms with Gasteiger partial charge in [-0.15, -0.1) is 0 Å². The minimum Gasteiger partial charge on any atom is -0.447 e. The van der Waals surface area contributed by atoms with Crippen LogP contribution < -0.4 is 5.32 Å². The van der Waals surface area contributed by atoms with Crippen LogP contribution in [0.25, 0.3) is 0 Å². The van der Waals surface area contributed by atoms with Gasteiger partial charge in [-0.3, -0.25) is 9.59 Å². The van der Waals surface area contributed by atoms with Crippen LogP contribution in [0.3, 0.4) is 0 Å². The lowest BCUT2D eigenvalue weighted by Crippen LogP contribution is -2.32. The number of anilines is 1. The largest absolute Gasteiger partial charge is 0.447 e. The number of carbonyl (C=O) groups is 2. The first-order valence-electron chi connectivity index (χ1n) is 11.3. The van der Waals surface area contributed by atoms with Gasteiger partial charge in [-0.2, -0.15) is 0 Å². The van der Waals surface area contributed by atoms with Crippen LogP contribution in [0.1, 0.15) is 69.2 Å². The zero-order valence-electron chi connectivity index (χ0n) is 19.4. The number of aryl methyl sites for hydroxylation is 2. The fourth-order valence-corrected chi connectivity index (χ4v) is 4.38. The zero-order valence-corrected chi connectivity index (χ0v) is 19.4. The van der Waals surface area contributed by atoms with Crippen LogP contribution in [0.2, 0.25) is 0 Å². The van der Waals surface area contributed by atoms with Gasteiger partial charge in [-0.25, -0.2) is 0 Å². The minimum atomic E-state index is -0.964. The summed E-state index contributed by atoms with van der Waals surface area (Å²) >= 11 is 0. The number of amides is 1. The van der Waals surface area contributed by atoms with Crippen molar-refractivity contribution in [1.82, 2.24) is 0 Å². The highest BCUT2D eigenvalue weighted by atomic mass is 16.5. The topological polar surface area (TPSA) is 55.4 Å². The van der Waals surface area contributed by atoms with Crippen molar-refractivity contribution in [2.45, 2.75) is 66.4 Å². The maximum absolute atomic E-state index is 13.2. The van der Waals surface area contributed by atoms with Gasteiger partial charge < -0.3 is 10.1 Å². The minimum absolute atomic E-state index is 0.140. The predicted octanol–water partition coefficient (Wildman–Crippen LogP) is 6.38. The molecule has 2 aromatic carbocycles. The highest BCUT2D eigenvalue weighted by Gasteiger charge is 2.35. The molecule has 1 aliphatic rings. The molecule has 2 aromatic rings. The summed E-state index contributed by atoms with van der Waals surface area (Å²) in [7, 11) is 0. The van der Waals surface area contributed by atoms with Crippen molar-refractivity contribution < 1.29 is 14.3 Å². The summed E-state index contributed by atoms with van der Waals surface area (Å²) in [6, 6.07) is 15.2. The summed E-state index contributed by atoms with van der Waals surface area (Å²) in [5.74, 6) is -0.110. The number of benzene rings is 2. The average Bonchev–Trinajstić information content (AvgIpc) is 2.74. The van der Waals surface area contributed by atoms with Crippen molar-refractivity contribution in [3.8, 4) is 0 Å². The standard InChI is InChI=1S/C27H35NO3/c1-18-11-12-19(2)23(17-18)28-25(29)24(20-9-7-6-8-10-20)31-26(30)21-13-15-22(16-14-21)27(3,4)5/h6-12,17,21-22,24H,13-16H2,1-5H3,(H,28,29). The van der Waals surface area contributed by atoms with Crippen molar-refractivity contribution in [1.29, 1.82) is 0 Å². The Morgan fingerprint density at radius 1 is 0.968 bits per heavy atom. The molecule has 4 nitrogen and oxygen atoms in total. The van der Waals surface area contributed by atoms with Crippen LogP contribution in [0.5, 0.6) is 0 Å². The van der Waals surface area contributed by atoms with E-state index < -0.39 is 6.10 Å². The molecule has 1 unspecified atom stereocenters. The molecular formula is C27H35NO3. The fraction of sp³-hybridized carbons (Fsp3) is 0.481. The molecule has 0 spiro atoms. The quantitative estimate of drug-likeness (QED) is 0.570. The maximum Gasteiger partial charge on any atom is 0.310 e. The summed E-state index contributed by atoms with van der Waals surface area (Å²) in [5.41, 5.74) is 3.71. The van der Waals surface area contributed by atoms with Gasteiger partial charge in [0.2, 0.25) is 6.10 Å². The van der Waals surface area contributed by atoms with E-state index >= 15 is 0 Å². The Morgan fingerprint density at radius 3 is 2.23 bits per heavy atom. The Hall–Kier alpha value is -2.62. The second-order valence-electron chi connectivity index (χ2n) is 9.95. The van der Waals surface area contributed by atoms with Gasteiger partial charge in [0.25, 0.3) is 5.91 Å². The summed E-state index contributed by atoms with van der Waals surface area (Å²) in [4.78, 5) is 26.2. The Kier molecular flexibility index (Phi) is 7.19. The van der Waals surface area contributed by atoms with E-state index in [2.05, 4.69) is 26.1 Å². The molecule has 0 aliphatic heterocycles. The van der Waals surface area contributed by atoms with Crippen LogP contribution in [0.4, 0.5) is 5.69 Å². The van der Waals surface area contributed by atoms with Crippen molar-refractivity contribution >= 4 is 17.6 Å². The normalized spacial score (nSPS) is 20.0. The third-order valence-corrected chi connectivity index (χ3v) is 6.51. The second kappa shape index (κ2) is 9.67. The highest BCUT2D eigenvalue weighted by molar-refractivity contribution is 5.96. The van der Waals surface area contributed by atoms with Crippen molar-refractivity contribution in [3.63, 3.8) is 0 Å². The van der Waals surface area contributed by atoms with Gasteiger partial charge in [0.15, 0.2) is 0 Å². The number of rotatable bonds is 5. The zero-order chi connectivity index (χ0) is 22.6. The van der Waals surface area contributed by atoms with Gasteiger partial charge in [0.1, 0.15) is 0 Å². The SMILES string of the molecule is Cc1ccc(C)c(NC(=O)C(OC(=O)C2CCC(C(C)(C)C)CC2)c2ccccc2)c1. The second-order valence-corrected chi connectivity index (χ2v) is 9.95. The smallest absolute Gasteiger partial charge is 0.310 e. The van der Waals surface area contributed by atoms with Crippen LogP contribution in [-0.4, -0.2) is 11.9 Å². The highest BCUT2D eigenvalue weighted by Crippen LogP contribution is 2.40. The summed E-state index contributed by atoms with van der Waals surface area (Å²) in [6.07, 6.45) is 2.72. The molecule has 1 aliphatic carbocycles. The van der Waals surface area contributed by atoms with E-state index in [1.807, 2.05) is 62.4 Å². The molecule has 31 heavy (non-hydrogen) atoms. The molecule has 0 saturated heterocycles. The van der Waals surface area contributed by atoms with Gasteiger partial charge in [-0.05, 0) is 68.1 Å². The van der Waals surface area contributed by atoms with Crippen LogP contribution in [0.15, 0.2) is 48.5 Å². The summed E-state index contributed by atoms with van der Waals surface area (Å²) < 4.78 is 5.85. The van der Waals surface area contributed by atoms with Gasteiger partial charge >= 0.3 is 5.97 Å². The molecular weight excluding hydrogens is 386 g/mol. The van der Waals surface area contributed by atoms with E-state index in [9.17, 15) is 9.59 Å². The van der Waals surface area contributed by atoms with E-state index in [1.165, 1.54) is 0 Å². The lowest BCUT2D eigenvalue weighted by Gasteiger charge is -2.36. The molecule has 3 rings (SSSR count). The molecule has 1 saturated carbocycles. The number of esters is 1. The number of hydrogen-bond acceptors (Lipinski definition) is 3. The van der Waals surface area contributed by atoms with Crippen LogP contribution >= 0.6 is 0 Å². The van der Waals surface area contributed by atoms with Crippen LogP contribution in [-0.2, 0) is 14.3 Å². The molecule has 1 amide bonds. The molecule has 1 fully saturated rings.